The molecular weight excluding hydrogens is 473 g/mol. The van der Waals surface area contributed by atoms with Gasteiger partial charge >= 0.3 is 6.03 Å². The molecule has 0 saturated carbocycles. The van der Waals surface area contributed by atoms with E-state index in [9.17, 15) is 9.59 Å². The first kappa shape index (κ1) is 21.8. The lowest BCUT2D eigenvalue weighted by Gasteiger charge is -2.13. The summed E-state index contributed by atoms with van der Waals surface area (Å²) in [7, 11) is 3.09. The normalized spacial score (nSPS) is 10.4. The van der Waals surface area contributed by atoms with Crippen molar-refractivity contribution < 1.29 is 19.1 Å². The Morgan fingerprint density at radius 1 is 1.04 bits per heavy atom. The van der Waals surface area contributed by atoms with E-state index in [1.54, 1.807) is 31.4 Å². The van der Waals surface area contributed by atoms with Gasteiger partial charge in [-0.1, -0.05) is 12.1 Å². The molecule has 8 heteroatoms. The lowest BCUT2D eigenvalue weighted by Crippen LogP contribution is -2.34. The molecule has 0 bridgehead atoms. The van der Waals surface area contributed by atoms with Crippen LogP contribution in [0.1, 0.15) is 29.8 Å². The summed E-state index contributed by atoms with van der Waals surface area (Å²) in [5.74, 6) is 0.875. The average Bonchev–Trinajstić information content (AvgIpc) is 2.66. The van der Waals surface area contributed by atoms with Gasteiger partial charge in [-0.05, 0) is 66.3 Å². The first-order valence-corrected chi connectivity index (χ1v) is 9.78. The number of urea groups is 1. The highest BCUT2D eigenvalue weighted by Gasteiger charge is 2.15. The minimum Gasteiger partial charge on any atom is -0.493 e. The van der Waals surface area contributed by atoms with Crippen molar-refractivity contribution in [1.29, 1.82) is 0 Å². The number of amides is 3. The largest absolute Gasteiger partial charge is 0.493 e. The molecule has 0 spiro atoms. The topological polar surface area (TPSA) is 88.7 Å². The van der Waals surface area contributed by atoms with Crippen LogP contribution in [0.3, 0.4) is 0 Å². The molecule has 0 aliphatic carbocycles. The predicted octanol–water partition coefficient (Wildman–Crippen LogP) is 3.77. The van der Waals surface area contributed by atoms with Gasteiger partial charge in [0.1, 0.15) is 0 Å². The number of carbonyl (C=O) groups is 2. The number of ether oxygens (including phenoxy) is 2. The molecule has 0 unspecified atom stereocenters. The fourth-order valence-corrected chi connectivity index (χ4v) is 3.12. The van der Waals surface area contributed by atoms with E-state index in [4.69, 9.17) is 9.47 Å². The second-order valence-electron chi connectivity index (χ2n) is 6.32. The van der Waals surface area contributed by atoms with Crippen LogP contribution in [0.15, 0.2) is 36.4 Å². The maximum Gasteiger partial charge on any atom is 0.319 e. The molecule has 7 nitrogen and oxygen atoms in total. The van der Waals surface area contributed by atoms with Crippen LogP contribution in [0.5, 0.6) is 11.5 Å². The number of hydrogen-bond acceptors (Lipinski definition) is 4. The number of rotatable bonds is 7. The number of halogens is 1. The molecule has 28 heavy (non-hydrogen) atoms. The Bertz CT molecular complexity index is 838. The van der Waals surface area contributed by atoms with Crippen LogP contribution in [0.25, 0.3) is 0 Å². The predicted molar refractivity (Wildman–Crippen MR) is 117 cm³/mol. The van der Waals surface area contributed by atoms with Gasteiger partial charge in [0, 0.05) is 21.8 Å². The van der Waals surface area contributed by atoms with Crippen molar-refractivity contribution >= 4 is 40.2 Å². The summed E-state index contributed by atoms with van der Waals surface area (Å²) in [6.07, 6.45) is 0. The van der Waals surface area contributed by atoms with E-state index in [2.05, 4.69) is 38.5 Å². The summed E-state index contributed by atoms with van der Waals surface area (Å²) in [5.41, 5.74) is 2.11. The Morgan fingerprint density at radius 2 is 1.64 bits per heavy atom. The standard InChI is InChI=1S/C20H24IN3O4/c1-12(2)23-20(26)24-14-7-5-13(6-8-14)11-22-19(25)15-9-17(27-3)18(28-4)10-16(15)21/h5-10,12H,11H2,1-4H3,(H,22,25)(H2,23,24,26). The van der Waals surface area contributed by atoms with E-state index < -0.39 is 0 Å². The van der Waals surface area contributed by atoms with Crippen LogP contribution in [0, 0.1) is 3.57 Å². The van der Waals surface area contributed by atoms with Crippen molar-refractivity contribution in [1.82, 2.24) is 10.6 Å². The Hall–Kier alpha value is -2.49. The molecule has 2 aromatic rings. The van der Waals surface area contributed by atoms with Gasteiger partial charge in [0.15, 0.2) is 11.5 Å². The Kier molecular flexibility index (Phi) is 7.91. The summed E-state index contributed by atoms with van der Waals surface area (Å²) in [6.45, 7) is 4.15. The summed E-state index contributed by atoms with van der Waals surface area (Å²) in [6, 6.07) is 10.5. The Balaban J connectivity index is 1.98. The lowest BCUT2D eigenvalue weighted by atomic mass is 10.1. The minimum atomic E-state index is -0.251. The molecule has 2 rings (SSSR count). The second-order valence-corrected chi connectivity index (χ2v) is 7.48. The van der Waals surface area contributed by atoms with Gasteiger partial charge < -0.3 is 25.4 Å². The molecule has 3 N–H and O–H groups in total. The number of methoxy groups -OCH3 is 2. The maximum atomic E-state index is 12.5. The van der Waals surface area contributed by atoms with E-state index in [1.165, 1.54) is 7.11 Å². The third-order valence-corrected chi connectivity index (χ3v) is 4.70. The van der Waals surface area contributed by atoms with Crippen LogP contribution in [-0.4, -0.2) is 32.2 Å². The van der Waals surface area contributed by atoms with E-state index in [-0.39, 0.29) is 18.0 Å². The van der Waals surface area contributed by atoms with Crippen molar-refractivity contribution in [2.45, 2.75) is 26.4 Å². The number of carbonyl (C=O) groups excluding carboxylic acids is 2. The van der Waals surface area contributed by atoms with Crippen LogP contribution in [0.2, 0.25) is 0 Å². The number of anilines is 1. The molecule has 0 atom stereocenters. The van der Waals surface area contributed by atoms with Gasteiger partial charge in [0.25, 0.3) is 5.91 Å². The molecular formula is C20H24IN3O4. The third kappa shape index (κ3) is 6.01. The molecule has 0 saturated heterocycles. The number of hydrogen-bond donors (Lipinski definition) is 3. The second kappa shape index (κ2) is 10.2. The zero-order valence-corrected chi connectivity index (χ0v) is 18.4. The number of nitrogens with one attached hydrogen (secondary N) is 3. The average molecular weight is 497 g/mol. The maximum absolute atomic E-state index is 12.5. The van der Waals surface area contributed by atoms with Gasteiger partial charge in [-0.15, -0.1) is 0 Å². The van der Waals surface area contributed by atoms with Crippen LogP contribution in [0.4, 0.5) is 10.5 Å². The molecule has 0 aromatic heterocycles. The van der Waals surface area contributed by atoms with Crippen molar-refractivity contribution in [3.63, 3.8) is 0 Å². The van der Waals surface area contributed by atoms with Crippen LogP contribution < -0.4 is 25.4 Å². The van der Waals surface area contributed by atoms with Crippen LogP contribution in [-0.2, 0) is 6.54 Å². The zero-order valence-electron chi connectivity index (χ0n) is 16.3. The first-order chi connectivity index (χ1) is 13.3. The highest BCUT2D eigenvalue weighted by molar-refractivity contribution is 14.1. The van der Waals surface area contributed by atoms with Crippen molar-refractivity contribution in [2.75, 3.05) is 19.5 Å². The fourth-order valence-electron chi connectivity index (χ4n) is 2.44. The SMILES string of the molecule is COc1cc(I)c(C(=O)NCc2ccc(NC(=O)NC(C)C)cc2)cc1OC. The summed E-state index contributed by atoms with van der Waals surface area (Å²) < 4.78 is 11.3. The molecule has 0 fully saturated rings. The quantitative estimate of drug-likeness (QED) is 0.509. The van der Waals surface area contributed by atoms with Gasteiger partial charge in [-0.3, -0.25) is 4.79 Å². The zero-order chi connectivity index (χ0) is 20.7. The van der Waals surface area contributed by atoms with E-state index in [0.717, 1.165) is 9.13 Å². The van der Waals surface area contributed by atoms with E-state index in [1.807, 2.05) is 26.0 Å². The summed E-state index contributed by atoms with van der Waals surface area (Å²) in [5, 5.41) is 8.41. The van der Waals surface area contributed by atoms with Crippen LogP contribution >= 0.6 is 22.6 Å². The monoisotopic (exact) mass is 497 g/mol. The van der Waals surface area contributed by atoms with E-state index in [0.29, 0.717) is 29.3 Å². The molecule has 3 amide bonds. The van der Waals surface area contributed by atoms with Gasteiger partial charge in [0.2, 0.25) is 0 Å². The van der Waals surface area contributed by atoms with Crippen molar-refractivity contribution in [3.8, 4) is 11.5 Å². The van der Waals surface area contributed by atoms with Gasteiger partial charge in [-0.25, -0.2) is 4.79 Å². The highest BCUT2D eigenvalue weighted by Crippen LogP contribution is 2.31. The first-order valence-electron chi connectivity index (χ1n) is 8.70. The smallest absolute Gasteiger partial charge is 0.319 e. The molecule has 0 heterocycles. The lowest BCUT2D eigenvalue weighted by molar-refractivity contribution is 0.0949. The van der Waals surface area contributed by atoms with E-state index >= 15 is 0 Å². The molecule has 0 aliphatic rings. The van der Waals surface area contributed by atoms with Crippen molar-refractivity contribution in [2.24, 2.45) is 0 Å². The molecule has 0 radical (unpaired) electrons. The fraction of sp³-hybridized carbons (Fsp3) is 0.300. The summed E-state index contributed by atoms with van der Waals surface area (Å²) in [4.78, 5) is 24.3. The highest BCUT2D eigenvalue weighted by atomic mass is 127. The number of benzene rings is 2. The Labute approximate surface area is 178 Å². The molecule has 150 valence electrons. The third-order valence-electron chi connectivity index (χ3n) is 3.80. The van der Waals surface area contributed by atoms with Gasteiger partial charge in [-0.2, -0.15) is 0 Å². The van der Waals surface area contributed by atoms with Crippen molar-refractivity contribution in [3.05, 3.63) is 51.1 Å². The molecule has 2 aromatic carbocycles. The van der Waals surface area contributed by atoms with Gasteiger partial charge in [0.05, 0.1) is 19.8 Å². The minimum absolute atomic E-state index is 0.0638. The molecule has 0 aliphatic heterocycles. The summed E-state index contributed by atoms with van der Waals surface area (Å²) >= 11 is 2.09. The Morgan fingerprint density at radius 3 is 2.21 bits per heavy atom.